The fourth-order valence-corrected chi connectivity index (χ4v) is 6.04. The molecule has 2 N–H and O–H groups in total. The number of fused-ring (bicyclic) bond motifs is 3. The van der Waals surface area contributed by atoms with E-state index in [0.717, 1.165) is 31.0 Å². The van der Waals surface area contributed by atoms with E-state index in [1.54, 1.807) is 22.9 Å². The number of carbonyl (C=O) groups excluding carboxylic acids is 1. The Morgan fingerprint density at radius 2 is 1.97 bits per heavy atom. The van der Waals surface area contributed by atoms with Gasteiger partial charge in [-0.2, -0.15) is 0 Å². The van der Waals surface area contributed by atoms with Gasteiger partial charge in [0.1, 0.15) is 0 Å². The third kappa shape index (κ3) is 4.35. The molecule has 0 saturated carbocycles. The molecule has 3 aliphatic heterocycles. The van der Waals surface area contributed by atoms with Crippen LogP contribution in [0.15, 0.2) is 47.4 Å². The maximum Gasteiger partial charge on any atom is 0.250 e. The quantitative estimate of drug-likeness (QED) is 0.653. The van der Waals surface area contributed by atoms with Gasteiger partial charge < -0.3 is 19.9 Å². The van der Waals surface area contributed by atoms with Crippen LogP contribution in [0.1, 0.15) is 36.7 Å². The number of hydrogen-bond donors (Lipinski definition) is 2. The van der Waals surface area contributed by atoms with Crippen molar-refractivity contribution in [1.82, 2.24) is 24.7 Å². The third-order valence-electron chi connectivity index (χ3n) is 7.58. The maximum absolute atomic E-state index is 13.5. The zero-order valence-electron chi connectivity index (χ0n) is 19.0. The van der Waals surface area contributed by atoms with E-state index in [9.17, 15) is 14.7 Å². The number of piperidine rings is 1. The number of nitrogens with zero attached hydrogens (tertiary/aromatic N) is 4. The highest BCUT2D eigenvalue weighted by molar-refractivity contribution is 5.82. The van der Waals surface area contributed by atoms with Gasteiger partial charge in [0.05, 0.1) is 17.8 Å². The molecule has 1 amide bonds. The molecule has 0 bridgehead atoms. The van der Waals surface area contributed by atoms with E-state index in [2.05, 4.69) is 20.1 Å². The second-order valence-electron chi connectivity index (χ2n) is 9.49. The van der Waals surface area contributed by atoms with Gasteiger partial charge in [-0.15, -0.1) is 0 Å². The van der Waals surface area contributed by atoms with Crippen molar-refractivity contribution >= 4 is 5.91 Å². The molecule has 0 aliphatic carbocycles. The van der Waals surface area contributed by atoms with Crippen LogP contribution in [0.4, 0.5) is 0 Å². The minimum atomic E-state index is -0.461. The lowest BCUT2D eigenvalue weighted by atomic mass is 9.88. The van der Waals surface area contributed by atoms with E-state index in [1.807, 2.05) is 24.3 Å². The summed E-state index contributed by atoms with van der Waals surface area (Å²) in [5, 5.41) is 13.5. The topological polar surface area (TPSA) is 90.7 Å². The van der Waals surface area contributed by atoms with Crippen LogP contribution in [0.5, 0.6) is 0 Å². The highest BCUT2D eigenvalue weighted by Crippen LogP contribution is 2.49. The number of aromatic nitrogens is 2. The minimum absolute atomic E-state index is 0.00616. The van der Waals surface area contributed by atoms with Crippen LogP contribution < -0.4 is 10.9 Å². The van der Waals surface area contributed by atoms with Gasteiger partial charge in [-0.3, -0.25) is 19.5 Å². The summed E-state index contributed by atoms with van der Waals surface area (Å²) in [6.07, 6.45) is 5.50. The Morgan fingerprint density at radius 3 is 2.73 bits per heavy atom. The van der Waals surface area contributed by atoms with Crippen molar-refractivity contribution in [2.24, 2.45) is 11.8 Å². The lowest BCUT2D eigenvalue weighted by molar-refractivity contribution is -0.128. The normalized spacial score (nSPS) is 27.3. The van der Waals surface area contributed by atoms with E-state index in [1.165, 1.54) is 19.3 Å². The van der Waals surface area contributed by atoms with Gasteiger partial charge in [0.15, 0.2) is 0 Å². The molecule has 0 spiro atoms. The van der Waals surface area contributed by atoms with Gasteiger partial charge in [0.25, 0.3) is 5.56 Å². The molecule has 176 valence electrons. The minimum Gasteiger partial charge on any atom is -0.396 e. The Morgan fingerprint density at radius 1 is 1.12 bits per heavy atom. The number of aliphatic hydroxyl groups is 1. The van der Waals surface area contributed by atoms with Gasteiger partial charge in [0.2, 0.25) is 5.91 Å². The van der Waals surface area contributed by atoms with Crippen LogP contribution in [0, 0.1) is 11.8 Å². The first kappa shape index (κ1) is 22.3. The van der Waals surface area contributed by atoms with Gasteiger partial charge in [-0.1, -0.05) is 18.6 Å². The number of likely N-dealkylation sites (tertiary alicyclic amines) is 2. The van der Waals surface area contributed by atoms with Gasteiger partial charge in [0, 0.05) is 62.6 Å². The molecule has 0 unspecified atom stereocenters. The number of hydrogen-bond acceptors (Lipinski definition) is 6. The first-order valence-corrected chi connectivity index (χ1v) is 12.1. The first-order valence-electron chi connectivity index (χ1n) is 12.1. The van der Waals surface area contributed by atoms with Gasteiger partial charge >= 0.3 is 0 Å². The van der Waals surface area contributed by atoms with Crippen LogP contribution in [-0.4, -0.2) is 69.2 Å². The Hall–Kier alpha value is -2.55. The summed E-state index contributed by atoms with van der Waals surface area (Å²) in [5.74, 6) is -0.277. The summed E-state index contributed by atoms with van der Waals surface area (Å²) >= 11 is 0. The van der Waals surface area contributed by atoms with Crippen LogP contribution in [0.2, 0.25) is 0 Å². The molecule has 33 heavy (non-hydrogen) atoms. The average Bonchev–Trinajstić information content (AvgIpc) is 3.36. The highest BCUT2D eigenvalue weighted by Gasteiger charge is 2.55. The van der Waals surface area contributed by atoms with Crippen molar-refractivity contribution in [3.63, 3.8) is 0 Å². The van der Waals surface area contributed by atoms with E-state index in [4.69, 9.17) is 0 Å². The predicted molar refractivity (Wildman–Crippen MR) is 124 cm³/mol. The number of pyridine rings is 2. The zero-order valence-corrected chi connectivity index (χ0v) is 19.0. The molecule has 8 nitrogen and oxygen atoms in total. The molecule has 0 radical (unpaired) electrons. The highest BCUT2D eigenvalue weighted by atomic mass is 16.3. The molecule has 8 heteroatoms. The molecule has 0 aromatic carbocycles. The zero-order chi connectivity index (χ0) is 22.8. The average molecular weight is 452 g/mol. The van der Waals surface area contributed by atoms with Crippen LogP contribution in [0.3, 0.4) is 0 Å². The molecule has 5 rings (SSSR count). The lowest BCUT2D eigenvalue weighted by Crippen LogP contribution is -2.49. The van der Waals surface area contributed by atoms with Crippen molar-refractivity contribution < 1.29 is 9.90 Å². The van der Waals surface area contributed by atoms with E-state index >= 15 is 0 Å². The van der Waals surface area contributed by atoms with Crippen molar-refractivity contribution in [3.8, 4) is 0 Å². The Labute approximate surface area is 194 Å². The van der Waals surface area contributed by atoms with Crippen molar-refractivity contribution in [3.05, 3.63) is 64.3 Å². The van der Waals surface area contributed by atoms with Crippen molar-refractivity contribution in [2.75, 3.05) is 32.8 Å². The first-order chi connectivity index (χ1) is 16.2. The standard InChI is InChI=1S/C25H33N5O3/c31-17-20-19-16-29-21(8-6-9-22(29)32)23(19)30(15-18-7-2-3-10-26-18)24(20)25(33)27-11-14-28-12-4-1-5-13-28/h2-3,6-10,19-20,23-24,31H,1,4-5,11-17H2,(H,27,33)/t19-,20-,23+,24-/m1/s1. The van der Waals surface area contributed by atoms with Gasteiger partial charge in [-0.05, 0) is 44.1 Å². The Balaban J connectivity index is 1.39. The lowest BCUT2D eigenvalue weighted by Gasteiger charge is -2.31. The molecule has 2 aromatic heterocycles. The largest absolute Gasteiger partial charge is 0.396 e. The number of amides is 1. The molecule has 2 aromatic rings. The monoisotopic (exact) mass is 451 g/mol. The fourth-order valence-electron chi connectivity index (χ4n) is 6.04. The second kappa shape index (κ2) is 9.75. The second-order valence-corrected chi connectivity index (χ2v) is 9.49. The number of aliphatic hydroxyl groups excluding tert-OH is 1. The summed E-state index contributed by atoms with van der Waals surface area (Å²) in [7, 11) is 0. The van der Waals surface area contributed by atoms with Crippen molar-refractivity contribution in [1.29, 1.82) is 0 Å². The summed E-state index contributed by atoms with van der Waals surface area (Å²) in [6, 6.07) is 10.6. The number of rotatable bonds is 7. The van der Waals surface area contributed by atoms with E-state index in [0.29, 0.717) is 19.6 Å². The smallest absolute Gasteiger partial charge is 0.250 e. The van der Waals surface area contributed by atoms with Crippen LogP contribution >= 0.6 is 0 Å². The SMILES string of the molecule is O=C(NCCN1CCCCC1)[C@H]1[C@H](CO)[C@H]2Cn3c(cccc3=O)[C@H]2N1Cc1ccccn1. The molecule has 4 atom stereocenters. The summed E-state index contributed by atoms with van der Waals surface area (Å²) in [5.41, 5.74) is 1.77. The van der Waals surface area contributed by atoms with E-state index < -0.39 is 6.04 Å². The fraction of sp³-hybridized carbons (Fsp3) is 0.560. The summed E-state index contributed by atoms with van der Waals surface area (Å²) in [6.45, 7) is 4.59. The third-order valence-corrected chi connectivity index (χ3v) is 7.58. The summed E-state index contributed by atoms with van der Waals surface area (Å²) < 4.78 is 1.80. The van der Waals surface area contributed by atoms with Gasteiger partial charge in [-0.25, -0.2) is 0 Å². The van der Waals surface area contributed by atoms with Crippen LogP contribution in [-0.2, 0) is 17.9 Å². The Kier molecular flexibility index (Phi) is 6.57. The molecule has 3 aliphatic rings. The molecule has 2 saturated heterocycles. The van der Waals surface area contributed by atoms with Crippen LogP contribution in [0.25, 0.3) is 0 Å². The van der Waals surface area contributed by atoms with Crippen molar-refractivity contribution in [2.45, 2.75) is 44.4 Å². The maximum atomic E-state index is 13.5. The molecular weight excluding hydrogens is 418 g/mol. The molecular formula is C25H33N5O3. The summed E-state index contributed by atoms with van der Waals surface area (Å²) in [4.78, 5) is 35.0. The number of carbonyl (C=O) groups is 1. The number of nitrogens with one attached hydrogen (secondary N) is 1. The molecule has 5 heterocycles. The Bertz CT molecular complexity index is 1020. The van der Waals surface area contributed by atoms with E-state index in [-0.39, 0.29) is 36.0 Å². The molecule has 2 fully saturated rings. The predicted octanol–water partition coefficient (Wildman–Crippen LogP) is 1.01.